The third kappa shape index (κ3) is 3.76. The van der Waals surface area contributed by atoms with Crippen LogP contribution in [0, 0.1) is 0 Å². The molecule has 2 saturated heterocycles. The molecule has 2 aliphatic rings. The Morgan fingerprint density at radius 1 is 1.19 bits per heavy atom. The van der Waals surface area contributed by atoms with E-state index >= 15 is 0 Å². The average molecular weight is 447 g/mol. The summed E-state index contributed by atoms with van der Waals surface area (Å²) >= 11 is 1.56. The van der Waals surface area contributed by atoms with Crippen LogP contribution in [0.15, 0.2) is 48.5 Å². The lowest BCUT2D eigenvalue weighted by atomic mass is 9.97. The molecule has 2 bridgehead atoms. The lowest BCUT2D eigenvalue weighted by Crippen LogP contribution is -2.49. The monoisotopic (exact) mass is 446 g/mol. The molecule has 0 aliphatic carbocycles. The van der Waals surface area contributed by atoms with Crippen LogP contribution in [0.4, 0.5) is 0 Å². The maximum atomic E-state index is 11.5. The van der Waals surface area contributed by atoms with Crippen molar-refractivity contribution in [3.8, 4) is 10.9 Å². The number of nitrogens with one attached hydrogen (secondary N) is 2. The fourth-order valence-electron chi connectivity index (χ4n) is 5.44. The van der Waals surface area contributed by atoms with E-state index in [1.807, 2.05) is 24.3 Å². The summed E-state index contributed by atoms with van der Waals surface area (Å²) in [4.78, 5) is 22.3. The minimum Gasteiger partial charge on any atom is -0.431 e. The van der Waals surface area contributed by atoms with Crippen molar-refractivity contribution in [2.75, 3.05) is 0 Å². The molecule has 32 heavy (non-hydrogen) atoms. The molecule has 2 aliphatic heterocycles. The molecule has 2 fully saturated rings. The highest BCUT2D eigenvalue weighted by atomic mass is 32.1. The van der Waals surface area contributed by atoms with Gasteiger partial charge in [0.25, 0.3) is 5.19 Å². The topological polar surface area (TPSA) is 70.2 Å². The number of amides is 1. The van der Waals surface area contributed by atoms with Crippen LogP contribution in [0.5, 0.6) is 10.9 Å². The minimum absolute atomic E-state index is 0.0855. The van der Waals surface area contributed by atoms with Gasteiger partial charge in [-0.1, -0.05) is 23.5 Å². The second-order valence-electron chi connectivity index (χ2n) is 9.02. The van der Waals surface area contributed by atoms with Gasteiger partial charge >= 0.3 is 0 Å². The van der Waals surface area contributed by atoms with Crippen molar-refractivity contribution in [3.05, 3.63) is 54.2 Å². The molecule has 1 amide bonds. The zero-order valence-corrected chi connectivity index (χ0v) is 18.8. The van der Waals surface area contributed by atoms with Gasteiger partial charge in [-0.3, -0.25) is 9.69 Å². The summed E-state index contributed by atoms with van der Waals surface area (Å²) in [6, 6.07) is 17.9. The maximum Gasteiger partial charge on any atom is 0.279 e. The Kier molecular flexibility index (Phi) is 4.88. The summed E-state index contributed by atoms with van der Waals surface area (Å²) in [5.41, 5.74) is 3.28. The molecule has 0 radical (unpaired) electrons. The first-order chi connectivity index (χ1) is 15.6. The summed E-state index contributed by atoms with van der Waals surface area (Å²) in [6.45, 7) is 2.54. The summed E-state index contributed by atoms with van der Waals surface area (Å²) in [5.74, 6) is 0.878. The molecule has 4 heterocycles. The summed E-state index contributed by atoms with van der Waals surface area (Å²) < 4.78 is 7.19. The van der Waals surface area contributed by atoms with E-state index in [0.717, 1.165) is 40.9 Å². The number of hydrogen-bond acceptors (Lipinski definition) is 5. The van der Waals surface area contributed by atoms with Gasteiger partial charge in [0.1, 0.15) is 5.75 Å². The van der Waals surface area contributed by atoms with Gasteiger partial charge in [-0.25, -0.2) is 4.98 Å². The molecule has 0 saturated carbocycles. The van der Waals surface area contributed by atoms with Crippen molar-refractivity contribution in [1.82, 2.24) is 20.2 Å². The van der Waals surface area contributed by atoms with E-state index in [-0.39, 0.29) is 5.91 Å². The molecular formula is C25H26N4O2S. The zero-order chi connectivity index (χ0) is 21.7. The van der Waals surface area contributed by atoms with Gasteiger partial charge in [0, 0.05) is 48.9 Å². The van der Waals surface area contributed by atoms with E-state index < -0.39 is 0 Å². The molecule has 3 atom stereocenters. The van der Waals surface area contributed by atoms with Crippen molar-refractivity contribution in [1.29, 1.82) is 0 Å². The zero-order valence-electron chi connectivity index (χ0n) is 18.0. The highest BCUT2D eigenvalue weighted by molar-refractivity contribution is 7.20. The first-order valence-electron chi connectivity index (χ1n) is 11.3. The van der Waals surface area contributed by atoms with Crippen LogP contribution in [0.1, 0.15) is 38.3 Å². The molecule has 0 spiro atoms. The van der Waals surface area contributed by atoms with Crippen molar-refractivity contribution >= 4 is 38.4 Å². The number of piperidine rings is 1. The number of nitrogens with zero attached hydrogens (tertiary/aromatic N) is 2. The smallest absolute Gasteiger partial charge is 0.279 e. The van der Waals surface area contributed by atoms with Crippen LogP contribution in [0.2, 0.25) is 0 Å². The van der Waals surface area contributed by atoms with Crippen molar-refractivity contribution in [2.45, 2.75) is 57.3 Å². The Balaban J connectivity index is 1.17. The standard InChI is InChI=1S/C25H26N4O2S/c1-15(30)26-17-11-19-7-8-20(12-17)29(19)14-18-10-16-6-9-21(13-23(16)27-18)31-25-28-22-4-2-3-5-24(22)32-25/h2-6,9-10,13,17,19-20,27H,7-8,11-12,14H2,1H3,(H,26,30)/t17-,19+,20-. The lowest BCUT2D eigenvalue weighted by molar-refractivity contribution is -0.120. The fraction of sp³-hybridized carbons (Fsp3) is 0.360. The molecule has 6 rings (SSSR count). The molecule has 2 N–H and O–H groups in total. The van der Waals surface area contributed by atoms with Crippen LogP contribution < -0.4 is 10.1 Å². The number of para-hydroxylation sites is 1. The van der Waals surface area contributed by atoms with Gasteiger partial charge < -0.3 is 15.0 Å². The number of carbonyl (C=O) groups excluding carboxylic acids is 1. The van der Waals surface area contributed by atoms with Gasteiger partial charge in [-0.2, -0.15) is 0 Å². The van der Waals surface area contributed by atoms with E-state index in [1.165, 1.54) is 23.9 Å². The van der Waals surface area contributed by atoms with Gasteiger partial charge in [0.2, 0.25) is 5.91 Å². The SMILES string of the molecule is CC(=O)N[C@H]1C[C@H]2CC[C@@H](C1)N2Cc1cc2ccc(Oc3nc4ccccc4s3)cc2[nH]1. The molecule has 4 aromatic rings. The fourth-order valence-corrected chi connectivity index (χ4v) is 6.28. The number of H-pyrrole nitrogens is 1. The summed E-state index contributed by atoms with van der Waals surface area (Å²) in [7, 11) is 0. The Bertz CT molecular complexity index is 1250. The predicted molar refractivity (Wildman–Crippen MR) is 127 cm³/mol. The van der Waals surface area contributed by atoms with Crippen molar-refractivity contribution in [2.24, 2.45) is 0 Å². The van der Waals surface area contributed by atoms with Crippen LogP contribution in [0.25, 0.3) is 21.1 Å². The molecule has 0 unspecified atom stereocenters. The van der Waals surface area contributed by atoms with Gasteiger partial charge in [0.15, 0.2) is 0 Å². The molecule has 7 heteroatoms. The highest BCUT2D eigenvalue weighted by Gasteiger charge is 2.40. The summed E-state index contributed by atoms with van der Waals surface area (Å²) in [5, 5.41) is 4.99. The number of ether oxygens (including phenoxy) is 1. The molecule has 6 nitrogen and oxygen atoms in total. The number of aromatic amines is 1. The van der Waals surface area contributed by atoms with Gasteiger partial charge in [-0.15, -0.1) is 0 Å². The van der Waals surface area contributed by atoms with Crippen molar-refractivity contribution in [3.63, 3.8) is 0 Å². The Hall–Kier alpha value is -2.90. The van der Waals surface area contributed by atoms with Gasteiger partial charge in [0.05, 0.1) is 10.2 Å². The number of benzene rings is 2. The average Bonchev–Trinajstić information content (AvgIpc) is 3.41. The third-order valence-electron chi connectivity index (χ3n) is 6.77. The Morgan fingerprint density at radius 2 is 2.00 bits per heavy atom. The molecule has 164 valence electrons. The second-order valence-corrected chi connectivity index (χ2v) is 10.0. The third-order valence-corrected chi connectivity index (χ3v) is 7.69. The minimum atomic E-state index is 0.0855. The predicted octanol–water partition coefficient (Wildman–Crippen LogP) is 5.20. The number of thiazole rings is 1. The highest BCUT2D eigenvalue weighted by Crippen LogP contribution is 2.37. The van der Waals surface area contributed by atoms with E-state index in [1.54, 1.807) is 18.3 Å². The Labute approximate surface area is 190 Å². The van der Waals surface area contributed by atoms with Crippen molar-refractivity contribution < 1.29 is 9.53 Å². The Morgan fingerprint density at radius 3 is 2.78 bits per heavy atom. The van der Waals surface area contributed by atoms with E-state index in [9.17, 15) is 4.79 Å². The molecular weight excluding hydrogens is 420 g/mol. The number of hydrogen-bond donors (Lipinski definition) is 2. The van der Waals surface area contributed by atoms with E-state index in [4.69, 9.17) is 4.74 Å². The lowest BCUT2D eigenvalue weighted by Gasteiger charge is -2.38. The van der Waals surface area contributed by atoms with Crippen LogP contribution >= 0.6 is 11.3 Å². The van der Waals surface area contributed by atoms with E-state index in [2.05, 4.69) is 44.5 Å². The number of carbonyl (C=O) groups is 1. The first kappa shape index (κ1) is 19.8. The molecule has 2 aromatic carbocycles. The van der Waals surface area contributed by atoms with Crippen LogP contribution in [-0.4, -0.2) is 38.9 Å². The van der Waals surface area contributed by atoms with Gasteiger partial charge in [-0.05, 0) is 61.4 Å². The van der Waals surface area contributed by atoms with Crippen LogP contribution in [0.3, 0.4) is 0 Å². The number of fused-ring (bicyclic) bond motifs is 4. The number of rotatable bonds is 5. The quantitative estimate of drug-likeness (QED) is 0.442. The normalized spacial score (nSPS) is 23.1. The van der Waals surface area contributed by atoms with Crippen LogP contribution in [-0.2, 0) is 11.3 Å². The second kappa shape index (κ2) is 7.90. The number of aromatic nitrogens is 2. The van der Waals surface area contributed by atoms with E-state index in [0.29, 0.717) is 23.3 Å². The largest absolute Gasteiger partial charge is 0.431 e. The molecule has 2 aromatic heterocycles. The summed E-state index contributed by atoms with van der Waals surface area (Å²) in [6.07, 6.45) is 4.55. The first-order valence-corrected chi connectivity index (χ1v) is 12.1. The maximum absolute atomic E-state index is 11.5.